The second-order valence-electron chi connectivity index (χ2n) is 10.7. The number of nitrogens with zero attached hydrogens (tertiary/aromatic N) is 2. The lowest BCUT2D eigenvalue weighted by molar-refractivity contribution is -0.198. The monoisotopic (exact) mass is 475 g/mol. The number of hydrogen-bond acceptors (Lipinski definition) is 6. The lowest BCUT2D eigenvalue weighted by atomic mass is 9.48. The summed E-state index contributed by atoms with van der Waals surface area (Å²) in [5, 5.41) is 23.2. The molecule has 5 atom stereocenters. The van der Waals surface area contributed by atoms with E-state index in [1.165, 1.54) is 0 Å². The van der Waals surface area contributed by atoms with Crippen molar-refractivity contribution < 1.29 is 19.7 Å². The van der Waals surface area contributed by atoms with Crippen molar-refractivity contribution in [1.29, 1.82) is 0 Å². The van der Waals surface area contributed by atoms with Gasteiger partial charge in [0.15, 0.2) is 11.5 Å². The number of aromatic hydroxyl groups is 1. The van der Waals surface area contributed by atoms with Crippen LogP contribution in [0.15, 0.2) is 49.1 Å². The van der Waals surface area contributed by atoms with E-state index < -0.39 is 17.1 Å². The van der Waals surface area contributed by atoms with E-state index >= 15 is 0 Å². The number of hydrogen-bond donors (Lipinski definition) is 3. The van der Waals surface area contributed by atoms with E-state index in [9.17, 15) is 15.0 Å². The summed E-state index contributed by atoms with van der Waals surface area (Å²) in [6.07, 6.45) is 4.38. The minimum absolute atomic E-state index is 0.00191. The number of benzene rings is 2. The Hall–Kier alpha value is -3.03. The fourth-order valence-electron chi connectivity index (χ4n) is 7.51. The summed E-state index contributed by atoms with van der Waals surface area (Å²) < 4.78 is 6.56. The highest BCUT2D eigenvalue weighted by molar-refractivity contribution is 5.79. The van der Waals surface area contributed by atoms with E-state index in [2.05, 4.69) is 11.5 Å². The van der Waals surface area contributed by atoms with Crippen molar-refractivity contribution in [3.63, 3.8) is 0 Å². The number of carbonyl (C=O) groups excluding carboxylic acids is 1. The molecule has 184 valence electrons. The Morgan fingerprint density at radius 1 is 1.29 bits per heavy atom. The van der Waals surface area contributed by atoms with Crippen molar-refractivity contribution in [2.24, 2.45) is 0 Å². The van der Waals surface area contributed by atoms with Gasteiger partial charge in [-0.25, -0.2) is 0 Å². The molecule has 2 aliphatic heterocycles. The van der Waals surface area contributed by atoms with E-state index in [0.717, 1.165) is 29.8 Å². The molecule has 4 N–H and O–H groups in total. The molecule has 1 amide bonds. The first-order chi connectivity index (χ1) is 16.8. The van der Waals surface area contributed by atoms with Crippen LogP contribution in [0.2, 0.25) is 0 Å². The molecule has 35 heavy (non-hydrogen) atoms. The Bertz CT molecular complexity index is 1200. The molecule has 2 bridgehead atoms. The van der Waals surface area contributed by atoms with Crippen LogP contribution in [0.4, 0.5) is 5.69 Å². The minimum atomic E-state index is -0.998. The van der Waals surface area contributed by atoms with Gasteiger partial charge < -0.3 is 25.6 Å². The maximum atomic E-state index is 13.4. The highest BCUT2D eigenvalue weighted by atomic mass is 16.5. The van der Waals surface area contributed by atoms with Crippen molar-refractivity contribution in [2.75, 3.05) is 25.9 Å². The molecule has 0 aromatic heterocycles. The molecule has 4 aliphatic rings. The van der Waals surface area contributed by atoms with Gasteiger partial charge in [0.05, 0.1) is 23.5 Å². The average Bonchev–Trinajstić information content (AvgIpc) is 3.19. The zero-order chi connectivity index (χ0) is 24.5. The number of nitrogen functional groups attached to an aromatic ring is 1. The molecule has 2 aliphatic carbocycles. The molecule has 2 fully saturated rings. The second kappa shape index (κ2) is 7.73. The first-order valence-electron chi connectivity index (χ1n) is 12.5. The number of phenols is 1. The largest absolute Gasteiger partial charge is 0.504 e. The van der Waals surface area contributed by atoms with Crippen molar-refractivity contribution in [1.82, 2.24) is 9.80 Å². The van der Waals surface area contributed by atoms with Crippen LogP contribution in [0.1, 0.15) is 36.0 Å². The zero-order valence-electron chi connectivity index (χ0n) is 20.1. The lowest BCUT2D eigenvalue weighted by Crippen LogP contribution is -2.78. The maximum Gasteiger partial charge on any atom is 0.227 e. The highest BCUT2D eigenvalue weighted by Crippen LogP contribution is 2.65. The van der Waals surface area contributed by atoms with E-state index in [0.29, 0.717) is 37.1 Å². The van der Waals surface area contributed by atoms with Crippen molar-refractivity contribution in [3.05, 3.63) is 65.7 Å². The van der Waals surface area contributed by atoms with Gasteiger partial charge in [0.25, 0.3) is 0 Å². The summed E-state index contributed by atoms with van der Waals surface area (Å²) in [4.78, 5) is 17.5. The van der Waals surface area contributed by atoms with Gasteiger partial charge >= 0.3 is 0 Å². The van der Waals surface area contributed by atoms with Crippen LogP contribution >= 0.6 is 0 Å². The summed E-state index contributed by atoms with van der Waals surface area (Å²) in [5.41, 5.74) is 7.81. The number of phenolic OH excluding ortho intramolecular Hbond substituents is 1. The normalized spacial score (nSPS) is 32.5. The Kier molecular flexibility index (Phi) is 4.96. The summed E-state index contributed by atoms with van der Waals surface area (Å²) >= 11 is 0. The molecule has 1 saturated carbocycles. The summed E-state index contributed by atoms with van der Waals surface area (Å²) in [6.45, 7) is 5.46. The van der Waals surface area contributed by atoms with Gasteiger partial charge in [-0.05, 0) is 61.6 Å². The van der Waals surface area contributed by atoms with Gasteiger partial charge in [-0.15, -0.1) is 6.58 Å². The molecule has 2 aromatic carbocycles. The molecular formula is C28H33N3O4. The number of amides is 1. The average molecular weight is 476 g/mol. The van der Waals surface area contributed by atoms with E-state index in [1.54, 1.807) is 11.0 Å². The number of likely N-dealkylation sites (N-methyl/N-ethyl adjacent to an activating group) is 1. The van der Waals surface area contributed by atoms with Crippen LogP contribution in [-0.2, 0) is 23.1 Å². The standard InChI is InChI=1S/C28H33N3O4/c1-3-13-31-14-12-27-24-18-6-9-21(32)25(24)35-26(27)20(10-11-28(27,34)22(31)16-18)30(2)23(33)15-17-4-7-19(29)8-5-17/h3-9,20,22,26,32,34H,1,10-16,29H2,2H3/t20?,22-,26?,27+,28-/m1/s1. The number of likely N-dealkylation sites (tertiary alicyclic amines) is 1. The van der Waals surface area contributed by atoms with Gasteiger partial charge in [-0.3, -0.25) is 9.69 Å². The van der Waals surface area contributed by atoms with Crippen molar-refractivity contribution >= 4 is 11.6 Å². The van der Waals surface area contributed by atoms with Crippen LogP contribution in [0.3, 0.4) is 0 Å². The first-order valence-corrected chi connectivity index (χ1v) is 12.5. The number of anilines is 1. The van der Waals surface area contributed by atoms with Crippen molar-refractivity contribution in [3.8, 4) is 11.5 Å². The zero-order valence-corrected chi connectivity index (χ0v) is 20.1. The fraction of sp³-hybridized carbons (Fsp3) is 0.464. The Balaban J connectivity index is 1.39. The third kappa shape index (κ3) is 2.94. The lowest BCUT2D eigenvalue weighted by Gasteiger charge is -2.64. The maximum absolute atomic E-state index is 13.4. The molecule has 7 heteroatoms. The molecule has 6 rings (SSSR count). The highest BCUT2D eigenvalue weighted by Gasteiger charge is 2.73. The summed E-state index contributed by atoms with van der Waals surface area (Å²) in [6, 6.07) is 10.8. The van der Waals surface area contributed by atoms with Gasteiger partial charge in [-0.1, -0.05) is 24.3 Å². The molecular weight excluding hydrogens is 442 g/mol. The van der Waals surface area contributed by atoms with Crippen LogP contribution in [-0.4, -0.2) is 69.8 Å². The number of aliphatic hydroxyl groups is 1. The van der Waals surface area contributed by atoms with Gasteiger partial charge in [-0.2, -0.15) is 0 Å². The van der Waals surface area contributed by atoms with Crippen LogP contribution in [0, 0.1) is 0 Å². The predicted octanol–water partition coefficient (Wildman–Crippen LogP) is 2.38. The van der Waals surface area contributed by atoms with Crippen LogP contribution in [0.5, 0.6) is 11.5 Å². The number of ether oxygens (including phenoxy) is 1. The summed E-state index contributed by atoms with van der Waals surface area (Å²) in [5.74, 6) is 0.603. The van der Waals surface area contributed by atoms with E-state index in [1.807, 2.05) is 43.5 Å². The number of nitrogens with two attached hydrogens (primary N) is 1. The SMILES string of the molecule is C=CCN1CC[C@]23c4c5ccc(O)c4OC2C(N(C)C(=O)Cc2ccc(N)cc2)CC[C@@]3(O)[C@H]1C5. The number of piperidine rings is 1. The Labute approximate surface area is 205 Å². The van der Waals surface area contributed by atoms with Gasteiger partial charge in [0, 0.05) is 30.9 Å². The smallest absolute Gasteiger partial charge is 0.227 e. The van der Waals surface area contributed by atoms with Crippen LogP contribution < -0.4 is 10.5 Å². The number of rotatable bonds is 5. The molecule has 2 aromatic rings. The topological polar surface area (TPSA) is 99.3 Å². The Morgan fingerprint density at radius 2 is 2.06 bits per heavy atom. The second-order valence-corrected chi connectivity index (χ2v) is 10.7. The van der Waals surface area contributed by atoms with Crippen molar-refractivity contribution in [2.45, 2.75) is 61.3 Å². The molecule has 1 saturated heterocycles. The van der Waals surface area contributed by atoms with Gasteiger partial charge in [0.2, 0.25) is 5.91 Å². The molecule has 0 radical (unpaired) electrons. The van der Waals surface area contributed by atoms with E-state index in [-0.39, 0.29) is 30.2 Å². The quantitative estimate of drug-likeness (QED) is 0.454. The molecule has 2 heterocycles. The summed E-state index contributed by atoms with van der Waals surface area (Å²) in [7, 11) is 1.84. The first kappa shape index (κ1) is 22.4. The van der Waals surface area contributed by atoms with E-state index in [4.69, 9.17) is 10.5 Å². The molecule has 2 unspecified atom stereocenters. The predicted molar refractivity (Wildman–Crippen MR) is 133 cm³/mol. The van der Waals surface area contributed by atoms with Gasteiger partial charge in [0.1, 0.15) is 6.10 Å². The third-order valence-corrected chi connectivity index (χ3v) is 9.13. The Morgan fingerprint density at radius 3 is 2.80 bits per heavy atom. The number of carbonyl (C=O) groups is 1. The fourth-order valence-corrected chi connectivity index (χ4v) is 7.51. The third-order valence-electron chi connectivity index (χ3n) is 9.13. The van der Waals surface area contributed by atoms with Crippen LogP contribution in [0.25, 0.3) is 0 Å². The molecule has 1 spiro atoms. The molecule has 7 nitrogen and oxygen atoms in total. The minimum Gasteiger partial charge on any atom is -0.504 e.